The summed E-state index contributed by atoms with van der Waals surface area (Å²) in [5.41, 5.74) is 3.86. The molecule has 0 aromatic heterocycles. The van der Waals surface area contributed by atoms with Crippen LogP contribution in [0.5, 0.6) is 0 Å². The van der Waals surface area contributed by atoms with Gasteiger partial charge < -0.3 is 4.90 Å². The number of benzene rings is 3. The van der Waals surface area contributed by atoms with Crippen molar-refractivity contribution >= 4 is 27.3 Å². The summed E-state index contributed by atoms with van der Waals surface area (Å²) in [5, 5.41) is 8.87. The van der Waals surface area contributed by atoms with Crippen LogP contribution in [-0.2, 0) is 27.7 Å². The number of nitrogens with zero attached hydrogens (tertiary/aromatic N) is 2. The SMILES string of the molecule is N#Cc1ccc(CCC(=O)N2CCc3cc(NS(=O)(=O)c4ccccc4)ccc32)cc1. The minimum Gasteiger partial charge on any atom is -0.312 e. The Morgan fingerprint density at radius 2 is 1.77 bits per heavy atom. The van der Waals surface area contributed by atoms with Crippen LogP contribution in [0.1, 0.15) is 23.1 Å². The lowest BCUT2D eigenvalue weighted by molar-refractivity contribution is -0.118. The average molecular weight is 432 g/mol. The second kappa shape index (κ2) is 8.62. The Morgan fingerprint density at radius 3 is 2.48 bits per heavy atom. The molecule has 31 heavy (non-hydrogen) atoms. The summed E-state index contributed by atoms with van der Waals surface area (Å²) in [7, 11) is -3.66. The molecule has 6 nitrogen and oxygen atoms in total. The van der Waals surface area contributed by atoms with Crippen LogP contribution >= 0.6 is 0 Å². The van der Waals surface area contributed by atoms with Crippen molar-refractivity contribution in [2.24, 2.45) is 0 Å². The van der Waals surface area contributed by atoms with E-state index in [1.807, 2.05) is 12.1 Å². The van der Waals surface area contributed by atoms with Gasteiger partial charge in [0.1, 0.15) is 0 Å². The van der Waals surface area contributed by atoms with Crippen LogP contribution in [0.15, 0.2) is 77.7 Å². The molecular formula is C24H21N3O3S. The van der Waals surface area contributed by atoms with Crippen molar-refractivity contribution in [3.05, 3.63) is 89.5 Å². The standard InChI is InChI=1S/C24H21N3O3S/c25-17-19-8-6-18(7-9-19)10-13-24(28)27-15-14-20-16-21(11-12-23(20)27)26-31(29,30)22-4-2-1-3-5-22/h1-9,11-12,16,26H,10,13-15H2. The summed E-state index contributed by atoms with van der Waals surface area (Å²) in [4.78, 5) is 14.7. The highest BCUT2D eigenvalue weighted by Crippen LogP contribution is 2.32. The number of anilines is 2. The van der Waals surface area contributed by atoms with E-state index in [2.05, 4.69) is 10.8 Å². The zero-order valence-electron chi connectivity index (χ0n) is 16.8. The van der Waals surface area contributed by atoms with E-state index >= 15 is 0 Å². The third-order valence-electron chi connectivity index (χ3n) is 5.29. The molecule has 1 heterocycles. The number of amides is 1. The van der Waals surface area contributed by atoms with Crippen molar-refractivity contribution in [3.63, 3.8) is 0 Å². The van der Waals surface area contributed by atoms with Crippen LogP contribution in [0.2, 0.25) is 0 Å². The van der Waals surface area contributed by atoms with Crippen molar-refractivity contribution in [1.29, 1.82) is 5.26 Å². The molecule has 7 heteroatoms. The van der Waals surface area contributed by atoms with Gasteiger partial charge in [-0.15, -0.1) is 0 Å². The van der Waals surface area contributed by atoms with Gasteiger partial charge in [0, 0.05) is 24.3 Å². The topological polar surface area (TPSA) is 90.3 Å². The predicted octanol–water partition coefficient (Wildman–Crippen LogP) is 3.88. The number of fused-ring (bicyclic) bond motifs is 1. The number of nitriles is 1. The molecule has 3 aromatic rings. The Balaban J connectivity index is 1.43. The van der Waals surface area contributed by atoms with Crippen molar-refractivity contribution in [2.45, 2.75) is 24.2 Å². The Morgan fingerprint density at radius 1 is 1.03 bits per heavy atom. The van der Waals surface area contributed by atoms with Gasteiger partial charge in [0.2, 0.25) is 5.91 Å². The molecule has 0 aliphatic carbocycles. The number of hydrogen-bond donors (Lipinski definition) is 1. The maximum absolute atomic E-state index is 12.8. The second-order valence-electron chi connectivity index (χ2n) is 7.37. The zero-order valence-corrected chi connectivity index (χ0v) is 17.6. The molecule has 0 saturated heterocycles. The molecule has 1 aliphatic heterocycles. The molecule has 3 aromatic carbocycles. The molecule has 0 bridgehead atoms. The number of sulfonamides is 1. The maximum atomic E-state index is 12.8. The molecule has 4 rings (SSSR count). The van der Waals surface area contributed by atoms with E-state index < -0.39 is 10.0 Å². The Labute approximate surface area is 181 Å². The van der Waals surface area contributed by atoms with E-state index in [1.165, 1.54) is 0 Å². The van der Waals surface area contributed by atoms with E-state index in [9.17, 15) is 13.2 Å². The van der Waals surface area contributed by atoms with Gasteiger partial charge in [0.15, 0.2) is 0 Å². The second-order valence-corrected chi connectivity index (χ2v) is 9.05. The molecule has 0 fully saturated rings. The number of aryl methyl sites for hydroxylation is 1. The third-order valence-corrected chi connectivity index (χ3v) is 6.69. The van der Waals surface area contributed by atoms with Crippen molar-refractivity contribution in [3.8, 4) is 6.07 Å². The normalized spacial score (nSPS) is 12.8. The maximum Gasteiger partial charge on any atom is 0.261 e. The summed E-state index contributed by atoms with van der Waals surface area (Å²) < 4.78 is 27.7. The molecule has 0 radical (unpaired) electrons. The smallest absolute Gasteiger partial charge is 0.261 e. The van der Waals surface area contributed by atoms with Crippen LogP contribution < -0.4 is 9.62 Å². The third kappa shape index (κ3) is 4.60. The van der Waals surface area contributed by atoms with Crippen molar-refractivity contribution in [1.82, 2.24) is 0 Å². The van der Waals surface area contributed by atoms with Crippen molar-refractivity contribution < 1.29 is 13.2 Å². The fourth-order valence-electron chi connectivity index (χ4n) is 3.67. The monoisotopic (exact) mass is 431 g/mol. The lowest BCUT2D eigenvalue weighted by atomic mass is 10.1. The molecule has 0 unspecified atom stereocenters. The van der Waals surface area contributed by atoms with E-state index in [1.54, 1.807) is 65.6 Å². The summed E-state index contributed by atoms with van der Waals surface area (Å²) >= 11 is 0. The fraction of sp³-hybridized carbons (Fsp3) is 0.167. The van der Waals surface area contributed by atoms with Gasteiger partial charge in [-0.25, -0.2) is 8.42 Å². The Bertz CT molecular complexity index is 1250. The van der Waals surface area contributed by atoms with Gasteiger partial charge >= 0.3 is 0 Å². The Hall–Kier alpha value is -3.63. The number of carbonyl (C=O) groups is 1. The molecule has 1 amide bonds. The largest absolute Gasteiger partial charge is 0.312 e. The van der Waals surface area contributed by atoms with Crippen LogP contribution in [0, 0.1) is 11.3 Å². The summed E-state index contributed by atoms with van der Waals surface area (Å²) in [6, 6.07) is 22.8. The first-order valence-electron chi connectivity index (χ1n) is 9.96. The summed E-state index contributed by atoms with van der Waals surface area (Å²) in [6.07, 6.45) is 1.65. The first kappa shape index (κ1) is 20.6. The van der Waals surface area contributed by atoms with E-state index in [4.69, 9.17) is 5.26 Å². The highest BCUT2D eigenvalue weighted by Gasteiger charge is 2.25. The van der Waals surface area contributed by atoms with E-state index in [-0.39, 0.29) is 10.8 Å². The van der Waals surface area contributed by atoms with Gasteiger partial charge in [-0.2, -0.15) is 5.26 Å². The summed E-state index contributed by atoms with van der Waals surface area (Å²) in [5.74, 6) is 0.0284. The minimum absolute atomic E-state index is 0.0284. The number of rotatable bonds is 6. The molecule has 156 valence electrons. The first-order valence-corrected chi connectivity index (χ1v) is 11.4. The molecule has 0 atom stereocenters. The quantitative estimate of drug-likeness (QED) is 0.641. The van der Waals surface area contributed by atoms with Crippen LogP contribution in [0.4, 0.5) is 11.4 Å². The molecule has 0 spiro atoms. The van der Waals surface area contributed by atoms with Gasteiger partial charge in [-0.05, 0) is 66.4 Å². The van der Waals surface area contributed by atoms with Gasteiger partial charge in [-0.3, -0.25) is 9.52 Å². The zero-order chi connectivity index (χ0) is 21.8. The van der Waals surface area contributed by atoms with Crippen LogP contribution in [0.25, 0.3) is 0 Å². The Kier molecular flexibility index (Phi) is 5.74. The molecule has 1 aliphatic rings. The van der Waals surface area contributed by atoms with Crippen LogP contribution in [-0.4, -0.2) is 20.9 Å². The molecule has 1 N–H and O–H groups in total. The predicted molar refractivity (Wildman–Crippen MR) is 119 cm³/mol. The highest BCUT2D eigenvalue weighted by atomic mass is 32.2. The number of nitrogens with one attached hydrogen (secondary N) is 1. The first-order chi connectivity index (χ1) is 15.0. The number of hydrogen-bond acceptors (Lipinski definition) is 4. The average Bonchev–Trinajstić information content (AvgIpc) is 3.21. The lowest BCUT2D eigenvalue weighted by Gasteiger charge is -2.18. The van der Waals surface area contributed by atoms with Gasteiger partial charge in [0.05, 0.1) is 16.5 Å². The van der Waals surface area contributed by atoms with E-state index in [0.717, 1.165) is 16.8 Å². The molecule has 0 saturated carbocycles. The highest BCUT2D eigenvalue weighted by molar-refractivity contribution is 7.92. The van der Waals surface area contributed by atoms with Gasteiger partial charge in [-0.1, -0.05) is 30.3 Å². The molecular weight excluding hydrogens is 410 g/mol. The summed E-state index contributed by atoms with van der Waals surface area (Å²) in [6.45, 7) is 0.580. The van der Waals surface area contributed by atoms with E-state index in [0.29, 0.717) is 37.1 Å². The van der Waals surface area contributed by atoms with Crippen LogP contribution in [0.3, 0.4) is 0 Å². The van der Waals surface area contributed by atoms with Gasteiger partial charge in [0.25, 0.3) is 10.0 Å². The van der Waals surface area contributed by atoms with Crippen molar-refractivity contribution in [2.75, 3.05) is 16.2 Å². The minimum atomic E-state index is -3.66. The lowest BCUT2D eigenvalue weighted by Crippen LogP contribution is -2.29. The fourth-order valence-corrected chi connectivity index (χ4v) is 4.74. The number of carbonyl (C=O) groups excluding carboxylic acids is 1.